The van der Waals surface area contributed by atoms with E-state index < -0.39 is 5.76 Å². The predicted molar refractivity (Wildman–Crippen MR) is 84.9 cm³/mol. The number of benzene rings is 1. The van der Waals surface area contributed by atoms with Crippen LogP contribution in [0.15, 0.2) is 33.5 Å². The molecule has 22 heavy (non-hydrogen) atoms. The second kappa shape index (κ2) is 5.43. The molecular formula is C17H18ClNO3. The molecule has 0 N–H and O–H groups in total. The third-order valence-corrected chi connectivity index (χ3v) is 4.82. The van der Waals surface area contributed by atoms with Gasteiger partial charge in [-0.1, -0.05) is 25.4 Å². The van der Waals surface area contributed by atoms with Gasteiger partial charge in [-0.15, -0.1) is 0 Å². The van der Waals surface area contributed by atoms with Crippen molar-refractivity contribution >= 4 is 17.4 Å². The number of rotatable bonds is 2. The quantitative estimate of drug-likeness (QED) is 0.843. The summed E-state index contributed by atoms with van der Waals surface area (Å²) in [6.45, 7) is 5.58. The molecule has 0 unspecified atom stereocenters. The van der Waals surface area contributed by atoms with E-state index in [4.69, 9.17) is 16.0 Å². The molecule has 5 heteroatoms. The van der Waals surface area contributed by atoms with Crippen LogP contribution in [-0.4, -0.2) is 10.4 Å². The van der Waals surface area contributed by atoms with E-state index in [2.05, 4.69) is 0 Å². The minimum atomic E-state index is -0.407. The molecule has 0 radical (unpaired) electrons. The summed E-state index contributed by atoms with van der Waals surface area (Å²) in [5.41, 5.74) is 1.61. The van der Waals surface area contributed by atoms with Crippen LogP contribution in [0.3, 0.4) is 0 Å². The van der Waals surface area contributed by atoms with Gasteiger partial charge in [-0.3, -0.25) is 4.79 Å². The van der Waals surface area contributed by atoms with Gasteiger partial charge < -0.3 is 4.42 Å². The lowest BCUT2D eigenvalue weighted by atomic mass is 9.75. The molecule has 4 nitrogen and oxygen atoms in total. The zero-order valence-corrected chi connectivity index (χ0v) is 13.6. The van der Waals surface area contributed by atoms with Crippen LogP contribution in [0.4, 0.5) is 0 Å². The van der Waals surface area contributed by atoms with Gasteiger partial charge in [-0.05, 0) is 37.6 Å². The molecule has 0 saturated heterocycles. The predicted octanol–water partition coefficient (Wildman–Crippen LogP) is 3.90. The SMILES string of the molecule is CC(=O)[C@@H]1C[C@@H](C)c2c(oc(=O)n2-c2ccc(Cl)cc2)[C@@H]1C. The molecule has 0 fully saturated rings. The van der Waals surface area contributed by atoms with Gasteiger partial charge in [0.25, 0.3) is 0 Å². The maximum atomic E-state index is 12.3. The Morgan fingerprint density at radius 1 is 1.27 bits per heavy atom. The maximum absolute atomic E-state index is 12.3. The Morgan fingerprint density at radius 3 is 2.50 bits per heavy atom. The molecule has 1 heterocycles. The van der Waals surface area contributed by atoms with Crippen molar-refractivity contribution in [1.82, 2.24) is 4.57 Å². The largest absolute Gasteiger partial charge is 0.424 e. The fraction of sp³-hybridized carbons (Fsp3) is 0.412. The van der Waals surface area contributed by atoms with Gasteiger partial charge in [0.05, 0.1) is 11.4 Å². The van der Waals surface area contributed by atoms with E-state index >= 15 is 0 Å². The topological polar surface area (TPSA) is 52.2 Å². The molecule has 3 atom stereocenters. The van der Waals surface area contributed by atoms with E-state index in [1.807, 2.05) is 13.8 Å². The fourth-order valence-corrected chi connectivity index (χ4v) is 3.55. The fourth-order valence-electron chi connectivity index (χ4n) is 3.42. The maximum Gasteiger partial charge on any atom is 0.424 e. The van der Waals surface area contributed by atoms with E-state index in [1.165, 1.54) is 0 Å². The molecule has 0 bridgehead atoms. The molecule has 1 aliphatic carbocycles. The Hall–Kier alpha value is -1.81. The van der Waals surface area contributed by atoms with Crippen molar-refractivity contribution in [3.05, 3.63) is 51.3 Å². The van der Waals surface area contributed by atoms with Gasteiger partial charge in [0.2, 0.25) is 0 Å². The van der Waals surface area contributed by atoms with E-state index in [1.54, 1.807) is 35.8 Å². The summed E-state index contributed by atoms with van der Waals surface area (Å²) in [6, 6.07) is 7.10. The first-order chi connectivity index (χ1) is 10.4. The van der Waals surface area contributed by atoms with Crippen LogP contribution >= 0.6 is 11.6 Å². The van der Waals surface area contributed by atoms with Crippen LogP contribution in [0.2, 0.25) is 5.02 Å². The van der Waals surface area contributed by atoms with Crippen LogP contribution in [-0.2, 0) is 4.79 Å². The summed E-state index contributed by atoms with van der Waals surface area (Å²) in [5.74, 6) is 0.292. The summed E-state index contributed by atoms with van der Waals surface area (Å²) in [7, 11) is 0. The first kappa shape index (κ1) is 15.1. The van der Waals surface area contributed by atoms with Crippen molar-refractivity contribution in [2.75, 3.05) is 0 Å². The van der Waals surface area contributed by atoms with Crippen molar-refractivity contribution in [2.24, 2.45) is 5.92 Å². The van der Waals surface area contributed by atoms with Crippen molar-refractivity contribution in [3.8, 4) is 5.69 Å². The second-order valence-corrected chi connectivity index (χ2v) is 6.51. The Labute approximate surface area is 133 Å². The van der Waals surface area contributed by atoms with E-state index in [-0.39, 0.29) is 23.5 Å². The number of halogens is 1. The van der Waals surface area contributed by atoms with E-state index in [0.717, 1.165) is 17.8 Å². The van der Waals surface area contributed by atoms with Gasteiger partial charge in [-0.2, -0.15) is 0 Å². The van der Waals surface area contributed by atoms with Gasteiger partial charge in [0.15, 0.2) is 0 Å². The first-order valence-corrected chi connectivity index (χ1v) is 7.80. The van der Waals surface area contributed by atoms with Gasteiger partial charge in [-0.25, -0.2) is 9.36 Å². The molecule has 0 saturated carbocycles. The molecule has 2 aromatic rings. The zero-order chi connectivity index (χ0) is 16.0. The minimum absolute atomic E-state index is 0.0787. The number of carbonyl (C=O) groups excluding carboxylic acids is 1. The molecule has 1 aromatic heterocycles. The summed E-state index contributed by atoms with van der Waals surface area (Å²) in [4.78, 5) is 24.2. The Kier molecular flexibility index (Phi) is 3.73. The summed E-state index contributed by atoms with van der Waals surface area (Å²) < 4.78 is 7.11. The molecule has 0 aliphatic heterocycles. The average molecular weight is 320 g/mol. The van der Waals surface area contributed by atoms with E-state index in [0.29, 0.717) is 10.8 Å². The number of nitrogens with zero attached hydrogens (tertiary/aromatic N) is 1. The lowest BCUT2D eigenvalue weighted by Gasteiger charge is -2.30. The number of fused-ring (bicyclic) bond motifs is 1. The standard InChI is InChI=1S/C17H18ClNO3/c1-9-8-14(11(3)20)10(2)16-15(9)19(17(21)22-16)13-6-4-12(18)5-7-13/h4-7,9-10,14H,8H2,1-3H3/t9-,10-,14-/m1/s1. The highest BCUT2D eigenvalue weighted by Crippen LogP contribution is 2.43. The van der Waals surface area contributed by atoms with Crippen LogP contribution in [0.25, 0.3) is 5.69 Å². The Morgan fingerprint density at radius 2 is 1.91 bits per heavy atom. The van der Waals surface area contributed by atoms with Gasteiger partial charge in [0.1, 0.15) is 11.5 Å². The summed E-state index contributed by atoms with van der Waals surface area (Å²) >= 11 is 5.91. The summed E-state index contributed by atoms with van der Waals surface area (Å²) in [5, 5.41) is 0.618. The number of aromatic nitrogens is 1. The molecule has 3 rings (SSSR count). The smallest absolute Gasteiger partial charge is 0.412 e. The number of oxazole rings is 1. The first-order valence-electron chi connectivity index (χ1n) is 7.42. The van der Waals surface area contributed by atoms with Crippen molar-refractivity contribution in [1.29, 1.82) is 0 Å². The molecule has 0 amide bonds. The van der Waals surface area contributed by atoms with Crippen molar-refractivity contribution in [3.63, 3.8) is 0 Å². The summed E-state index contributed by atoms with van der Waals surface area (Å²) in [6.07, 6.45) is 0.732. The second-order valence-electron chi connectivity index (χ2n) is 6.07. The molecular weight excluding hydrogens is 302 g/mol. The van der Waals surface area contributed by atoms with Crippen LogP contribution in [0.5, 0.6) is 0 Å². The third kappa shape index (κ3) is 2.31. The number of Topliss-reactive ketones (excluding diaryl/α,β-unsaturated/α-hetero) is 1. The average Bonchev–Trinajstić information content (AvgIpc) is 2.82. The third-order valence-electron chi connectivity index (χ3n) is 4.57. The van der Waals surface area contributed by atoms with Crippen LogP contribution in [0.1, 0.15) is 50.5 Å². The Balaban J connectivity index is 2.17. The number of hydrogen-bond donors (Lipinski definition) is 0. The lowest BCUT2D eigenvalue weighted by Crippen LogP contribution is -2.27. The van der Waals surface area contributed by atoms with Gasteiger partial charge in [0, 0.05) is 22.8 Å². The number of carbonyl (C=O) groups is 1. The number of ketones is 1. The van der Waals surface area contributed by atoms with E-state index in [9.17, 15) is 9.59 Å². The Bertz CT molecular complexity index is 772. The van der Waals surface area contributed by atoms with Gasteiger partial charge >= 0.3 is 5.76 Å². The van der Waals surface area contributed by atoms with Crippen molar-refractivity contribution in [2.45, 2.75) is 39.0 Å². The monoisotopic (exact) mass is 319 g/mol. The molecule has 116 valence electrons. The van der Waals surface area contributed by atoms with Crippen LogP contribution < -0.4 is 5.76 Å². The minimum Gasteiger partial charge on any atom is -0.412 e. The van der Waals surface area contributed by atoms with Crippen molar-refractivity contribution < 1.29 is 9.21 Å². The molecule has 1 aliphatic rings. The zero-order valence-electron chi connectivity index (χ0n) is 12.8. The van der Waals surface area contributed by atoms with Crippen LogP contribution in [0, 0.1) is 5.92 Å². The normalized spacial score (nSPS) is 24.1. The highest BCUT2D eigenvalue weighted by Gasteiger charge is 2.38. The lowest BCUT2D eigenvalue weighted by molar-refractivity contribution is -0.122. The number of hydrogen-bond acceptors (Lipinski definition) is 3. The highest BCUT2D eigenvalue weighted by molar-refractivity contribution is 6.30. The molecule has 0 spiro atoms. The molecule has 1 aromatic carbocycles. The highest BCUT2D eigenvalue weighted by atomic mass is 35.5.